The monoisotopic (exact) mass is 348 g/mol. The van der Waals surface area contributed by atoms with E-state index in [2.05, 4.69) is 10.3 Å². The number of imide groups is 1. The fraction of sp³-hybridized carbons (Fsp3) is 0.375. The molecular weight excluding hydrogens is 331 g/mol. The number of Topliss-reactive ketones (excluding diaryl/α,β-unsaturated/α-hetero) is 1. The number of benzene rings is 1. The van der Waals surface area contributed by atoms with Crippen molar-refractivity contribution < 1.29 is 23.5 Å². The number of amides is 3. The van der Waals surface area contributed by atoms with E-state index in [1.54, 1.807) is 6.92 Å². The standard InChI is InChI=1S/C16H17FN4O4/c1-8(13(22)10-5-4-9(25-3)6-11(10)17)21-7-18-12-14(23)19-16(24)20(2)15(12)21/h4-8,12,15H,1-3H3,(H,19,23,24). The summed E-state index contributed by atoms with van der Waals surface area (Å²) in [5.41, 5.74) is -0.0978. The third-order valence-electron chi connectivity index (χ3n) is 4.43. The van der Waals surface area contributed by atoms with Crippen molar-refractivity contribution in [2.24, 2.45) is 4.99 Å². The molecule has 132 valence electrons. The summed E-state index contributed by atoms with van der Waals surface area (Å²) in [7, 11) is 2.91. The quantitative estimate of drug-likeness (QED) is 0.806. The average molecular weight is 348 g/mol. The zero-order valence-electron chi connectivity index (χ0n) is 13.9. The normalized spacial score (nSPS) is 23.4. The van der Waals surface area contributed by atoms with Crippen molar-refractivity contribution in [3.8, 4) is 5.75 Å². The minimum absolute atomic E-state index is 0.0978. The van der Waals surface area contributed by atoms with Gasteiger partial charge in [0.2, 0.25) is 0 Å². The first-order chi connectivity index (χ1) is 11.8. The van der Waals surface area contributed by atoms with Crippen molar-refractivity contribution >= 4 is 24.1 Å². The molecule has 1 fully saturated rings. The van der Waals surface area contributed by atoms with E-state index >= 15 is 0 Å². The maximum absolute atomic E-state index is 14.2. The Morgan fingerprint density at radius 2 is 2.12 bits per heavy atom. The molecule has 1 N–H and O–H groups in total. The van der Waals surface area contributed by atoms with Crippen LogP contribution in [0, 0.1) is 5.82 Å². The second-order valence-electron chi connectivity index (χ2n) is 5.86. The van der Waals surface area contributed by atoms with Crippen molar-refractivity contribution in [2.75, 3.05) is 14.2 Å². The van der Waals surface area contributed by atoms with Crippen LogP contribution in [0.2, 0.25) is 0 Å². The number of hydrogen-bond acceptors (Lipinski definition) is 6. The van der Waals surface area contributed by atoms with E-state index in [0.717, 1.165) is 6.07 Å². The fourth-order valence-corrected chi connectivity index (χ4v) is 2.97. The van der Waals surface area contributed by atoms with Gasteiger partial charge in [0.1, 0.15) is 17.7 Å². The lowest BCUT2D eigenvalue weighted by atomic mass is 10.0. The molecule has 3 atom stereocenters. The second-order valence-corrected chi connectivity index (χ2v) is 5.86. The number of nitrogens with one attached hydrogen (secondary N) is 1. The molecule has 0 bridgehead atoms. The Morgan fingerprint density at radius 1 is 1.40 bits per heavy atom. The van der Waals surface area contributed by atoms with E-state index in [4.69, 9.17) is 4.74 Å². The van der Waals surface area contributed by atoms with Crippen LogP contribution in [-0.2, 0) is 4.79 Å². The summed E-state index contributed by atoms with van der Waals surface area (Å²) in [5.74, 6) is -1.41. The van der Waals surface area contributed by atoms with Gasteiger partial charge in [-0.1, -0.05) is 0 Å². The van der Waals surface area contributed by atoms with Gasteiger partial charge in [0.15, 0.2) is 11.8 Å². The number of nitrogens with zero attached hydrogens (tertiary/aromatic N) is 3. The number of urea groups is 1. The van der Waals surface area contributed by atoms with Gasteiger partial charge in [-0.2, -0.15) is 0 Å². The van der Waals surface area contributed by atoms with Crippen molar-refractivity contribution in [1.82, 2.24) is 15.1 Å². The molecule has 9 heteroatoms. The summed E-state index contributed by atoms with van der Waals surface area (Å²) in [4.78, 5) is 43.3. The van der Waals surface area contributed by atoms with Crippen LogP contribution in [0.15, 0.2) is 23.2 Å². The summed E-state index contributed by atoms with van der Waals surface area (Å²) >= 11 is 0. The number of halogens is 1. The van der Waals surface area contributed by atoms with Crippen molar-refractivity contribution in [1.29, 1.82) is 0 Å². The first-order valence-corrected chi connectivity index (χ1v) is 7.61. The Hall–Kier alpha value is -2.97. The van der Waals surface area contributed by atoms with Gasteiger partial charge in [0.05, 0.1) is 25.1 Å². The van der Waals surface area contributed by atoms with Crippen LogP contribution in [0.4, 0.5) is 9.18 Å². The Balaban J connectivity index is 1.86. The molecule has 0 saturated carbocycles. The summed E-state index contributed by atoms with van der Waals surface area (Å²) in [6, 6.07) is 1.76. The van der Waals surface area contributed by atoms with Gasteiger partial charge in [-0.25, -0.2) is 9.18 Å². The predicted octanol–water partition coefficient (Wildman–Crippen LogP) is 0.626. The molecule has 25 heavy (non-hydrogen) atoms. The number of aliphatic imine (C=N–C) groups is 1. The smallest absolute Gasteiger partial charge is 0.325 e. The minimum atomic E-state index is -0.821. The summed E-state index contributed by atoms with van der Waals surface area (Å²) in [5, 5.41) is 2.19. The summed E-state index contributed by atoms with van der Waals surface area (Å²) in [6.07, 6.45) is 0.634. The molecule has 2 heterocycles. The highest BCUT2D eigenvalue weighted by Crippen LogP contribution is 2.25. The summed E-state index contributed by atoms with van der Waals surface area (Å²) in [6.45, 7) is 1.57. The minimum Gasteiger partial charge on any atom is -0.497 e. The van der Waals surface area contributed by atoms with Gasteiger partial charge in [-0.3, -0.25) is 19.9 Å². The molecule has 1 saturated heterocycles. The first kappa shape index (κ1) is 16.9. The number of carbonyl (C=O) groups excluding carboxylic acids is 3. The molecule has 0 radical (unpaired) electrons. The number of ketones is 1. The molecule has 3 amide bonds. The van der Waals surface area contributed by atoms with Crippen molar-refractivity contribution in [2.45, 2.75) is 25.2 Å². The average Bonchev–Trinajstić information content (AvgIpc) is 3.04. The third-order valence-corrected chi connectivity index (χ3v) is 4.43. The van der Waals surface area contributed by atoms with Crippen LogP contribution >= 0.6 is 0 Å². The largest absolute Gasteiger partial charge is 0.497 e. The van der Waals surface area contributed by atoms with Gasteiger partial charge in [0.25, 0.3) is 5.91 Å². The van der Waals surface area contributed by atoms with Crippen LogP contribution in [0.25, 0.3) is 0 Å². The van der Waals surface area contributed by atoms with E-state index in [1.165, 1.54) is 42.4 Å². The third kappa shape index (κ3) is 2.71. The van der Waals surface area contributed by atoms with E-state index in [0.29, 0.717) is 5.75 Å². The Labute approximate surface area is 143 Å². The highest BCUT2D eigenvalue weighted by atomic mass is 19.1. The van der Waals surface area contributed by atoms with Crippen LogP contribution < -0.4 is 10.1 Å². The van der Waals surface area contributed by atoms with Crippen LogP contribution in [0.3, 0.4) is 0 Å². The van der Waals surface area contributed by atoms with Gasteiger partial charge in [-0.05, 0) is 19.1 Å². The van der Waals surface area contributed by atoms with Gasteiger partial charge >= 0.3 is 6.03 Å². The van der Waals surface area contributed by atoms with Gasteiger partial charge < -0.3 is 14.5 Å². The number of ether oxygens (including phenoxy) is 1. The van der Waals surface area contributed by atoms with Crippen LogP contribution in [0.1, 0.15) is 17.3 Å². The van der Waals surface area contributed by atoms with Gasteiger partial charge in [-0.15, -0.1) is 0 Å². The highest BCUT2D eigenvalue weighted by Gasteiger charge is 2.47. The maximum atomic E-state index is 14.2. The molecule has 2 aliphatic heterocycles. The lowest BCUT2D eigenvalue weighted by molar-refractivity contribution is -0.125. The maximum Gasteiger partial charge on any atom is 0.325 e. The molecule has 1 aromatic rings. The van der Waals surface area contributed by atoms with E-state index in [1.807, 2.05) is 0 Å². The molecule has 3 unspecified atom stereocenters. The molecule has 1 aromatic carbocycles. The zero-order chi connectivity index (χ0) is 18.3. The van der Waals surface area contributed by atoms with Crippen molar-refractivity contribution in [3.05, 3.63) is 29.6 Å². The number of rotatable bonds is 4. The molecule has 8 nitrogen and oxygen atoms in total. The second kappa shape index (κ2) is 6.15. The van der Waals surface area contributed by atoms with Crippen LogP contribution in [0.5, 0.6) is 5.75 Å². The fourth-order valence-electron chi connectivity index (χ4n) is 2.97. The topological polar surface area (TPSA) is 91.3 Å². The SMILES string of the molecule is COc1ccc(C(=O)C(C)N2C=NC3C(=O)NC(=O)N(C)C32)c(F)c1. The molecule has 0 aliphatic carbocycles. The Morgan fingerprint density at radius 3 is 2.76 bits per heavy atom. The number of likely N-dealkylation sites (N-methyl/N-ethyl adjacent to an activating group) is 1. The predicted molar refractivity (Wildman–Crippen MR) is 86.0 cm³/mol. The summed E-state index contributed by atoms with van der Waals surface area (Å²) < 4.78 is 19.1. The lowest BCUT2D eigenvalue weighted by Crippen LogP contribution is -2.65. The number of fused-ring (bicyclic) bond motifs is 1. The highest BCUT2D eigenvalue weighted by molar-refractivity contribution is 6.04. The number of methoxy groups -OCH3 is 1. The van der Waals surface area contributed by atoms with E-state index in [9.17, 15) is 18.8 Å². The Bertz CT molecular complexity index is 781. The molecule has 3 rings (SSSR count). The molecular formula is C16H17FN4O4. The number of hydrogen-bond donors (Lipinski definition) is 1. The van der Waals surface area contributed by atoms with Gasteiger partial charge in [0, 0.05) is 13.1 Å². The lowest BCUT2D eigenvalue weighted by Gasteiger charge is -2.40. The molecule has 0 spiro atoms. The number of carbonyl (C=O) groups is 3. The van der Waals surface area contributed by atoms with Crippen LogP contribution in [-0.4, -0.2) is 66.3 Å². The zero-order valence-corrected chi connectivity index (χ0v) is 13.9. The van der Waals surface area contributed by atoms with E-state index in [-0.39, 0.29) is 5.56 Å². The first-order valence-electron chi connectivity index (χ1n) is 7.61. The van der Waals surface area contributed by atoms with Crippen molar-refractivity contribution in [3.63, 3.8) is 0 Å². The van der Waals surface area contributed by atoms with E-state index < -0.39 is 41.8 Å². The Kier molecular flexibility index (Phi) is 4.15. The molecule has 0 aromatic heterocycles. The molecule has 2 aliphatic rings.